The Balaban J connectivity index is 1.37. The molecule has 1 saturated carbocycles. The topological polar surface area (TPSA) is 163 Å². The number of benzene rings is 1. The van der Waals surface area contributed by atoms with Gasteiger partial charge in [0.05, 0.1) is 36.0 Å². The first-order valence-corrected chi connectivity index (χ1v) is 20.3. The van der Waals surface area contributed by atoms with Gasteiger partial charge in [0, 0.05) is 35.4 Å². The lowest BCUT2D eigenvalue weighted by atomic mass is 9.73. The van der Waals surface area contributed by atoms with Crippen LogP contribution in [0.5, 0.6) is 0 Å². The van der Waals surface area contributed by atoms with E-state index in [1.54, 1.807) is 27.7 Å². The second kappa shape index (κ2) is 16.4. The molecule has 4 aliphatic rings. The van der Waals surface area contributed by atoms with E-state index in [0.29, 0.717) is 13.0 Å². The number of pyridine rings is 1. The Hall–Kier alpha value is -3.49. The number of hydrogen-bond acceptors (Lipinski definition) is 12. The molecule has 3 aliphatic heterocycles. The van der Waals surface area contributed by atoms with Gasteiger partial charge in [0.25, 0.3) is 0 Å². The summed E-state index contributed by atoms with van der Waals surface area (Å²) in [6.45, 7) is 14.3. The van der Waals surface area contributed by atoms with Crippen LogP contribution < -0.4 is 5.32 Å². The van der Waals surface area contributed by atoms with Crippen LogP contribution in [0.25, 0.3) is 10.9 Å². The summed E-state index contributed by atoms with van der Waals surface area (Å²) in [7, 11) is 3.77. The highest BCUT2D eigenvalue weighted by atomic mass is 16.7. The highest BCUT2D eigenvalue weighted by molar-refractivity contribution is 6.00. The smallest absolute Gasteiger partial charge is 0.408 e. The number of nitrogens with one attached hydrogen (secondary N) is 1. The van der Waals surface area contributed by atoms with E-state index in [4.69, 9.17) is 23.7 Å². The molecule has 6 rings (SSSR count). The monoisotopic (exact) mass is 779 g/mol. The molecule has 0 radical (unpaired) electrons. The molecule has 13 nitrogen and oxygen atoms in total. The first-order chi connectivity index (χ1) is 26.4. The van der Waals surface area contributed by atoms with Crippen LogP contribution in [-0.2, 0) is 38.1 Å². The van der Waals surface area contributed by atoms with Gasteiger partial charge in [-0.3, -0.25) is 19.4 Å². The van der Waals surface area contributed by atoms with E-state index < -0.39 is 83.4 Å². The minimum Gasteiger partial charge on any atom is -0.458 e. The second-order valence-corrected chi connectivity index (χ2v) is 17.6. The molecule has 56 heavy (non-hydrogen) atoms. The van der Waals surface area contributed by atoms with E-state index >= 15 is 0 Å². The number of likely N-dealkylation sites (N-methyl/N-ethyl adjacent to an activating group) is 1. The largest absolute Gasteiger partial charge is 0.458 e. The van der Waals surface area contributed by atoms with Gasteiger partial charge in [0.1, 0.15) is 23.9 Å². The van der Waals surface area contributed by atoms with Crippen LogP contribution >= 0.6 is 0 Å². The summed E-state index contributed by atoms with van der Waals surface area (Å²) in [5.41, 5.74) is -0.624. The molecule has 308 valence electrons. The average Bonchev–Trinajstić information content (AvgIpc) is 3.88. The van der Waals surface area contributed by atoms with Crippen LogP contribution in [0.4, 0.5) is 4.79 Å². The van der Waals surface area contributed by atoms with Crippen molar-refractivity contribution in [1.82, 2.24) is 15.2 Å². The molecule has 2 N–H and O–H groups in total. The SMILES string of the molecule is CC[C@H]1OC(=O)[C@H](C)C(=O)[C@H](C)[C@@H](O[C@@H]2O[C@H](C)C[C@H](N(C)C)[C@H]2O)[C@](C)(OCC2CC2c2cnc3ccccc3c2)C[C@@H](C)C(=O)[C@H](C)[C@H]2NC(=O)O[C@@]21C. The zero-order chi connectivity index (χ0) is 40.9. The number of fused-ring (bicyclic) bond motifs is 2. The van der Waals surface area contributed by atoms with Crippen LogP contribution in [0.15, 0.2) is 36.5 Å². The number of nitrogens with zero attached hydrogens (tertiary/aromatic N) is 2. The quantitative estimate of drug-likeness (QED) is 0.267. The van der Waals surface area contributed by atoms with E-state index in [-0.39, 0.29) is 42.6 Å². The summed E-state index contributed by atoms with van der Waals surface area (Å²) in [4.78, 5) is 62.2. The van der Waals surface area contributed by atoms with Crippen molar-refractivity contribution >= 4 is 34.5 Å². The number of aliphatic hydroxyl groups excluding tert-OH is 1. The number of rotatable bonds is 8. The zero-order valence-corrected chi connectivity index (χ0v) is 34.5. The maximum absolute atomic E-state index is 14.5. The van der Waals surface area contributed by atoms with Crippen molar-refractivity contribution in [3.8, 4) is 0 Å². The molecular weight excluding hydrogens is 718 g/mol. The molecule has 1 amide bonds. The van der Waals surface area contributed by atoms with Crippen LogP contribution in [-0.4, -0.2) is 113 Å². The van der Waals surface area contributed by atoms with Crippen molar-refractivity contribution in [2.75, 3.05) is 20.7 Å². The summed E-state index contributed by atoms with van der Waals surface area (Å²) < 4.78 is 31.8. The molecule has 15 atom stereocenters. The number of carbonyl (C=O) groups is 4. The fraction of sp³-hybridized carbons (Fsp3) is 0.698. The normalized spacial score (nSPS) is 41.1. The number of Topliss-reactive ketones (excluding diaryl/α,β-unsaturated/α-hetero) is 2. The van der Waals surface area contributed by atoms with Crippen molar-refractivity contribution in [3.05, 3.63) is 42.1 Å². The van der Waals surface area contributed by atoms with E-state index in [9.17, 15) is 24.3 Å². The third-order valence-electron chi connectivity index (χ3n) is 13.0. The zero-order valence-electron chi connectivity index (χ0n) is 34.5. The first kappa shape index (κ1) is 42.1. The average molecular weight is 780 g/mol. The van der Waals surface area contributed by atoms with Crippen LogP contribution in [0.1, 0.15) is 92.6 Å². The molecular formula is C43H61N3O10. The molecule has 1 aromatic heterocycles. The molecule has 2 aromatic rings. The Labute approximate surface area is 330 Å². The maximum Gasteiger partial charge on any atom is 0.408 e. The van der Waals surface area contributed by atoms with Gasteiger partial charge >= 0.3 is 12.1 Å². The minimum atomic E-state index is -1.37. The van der Waals surface area contributed by atoms with Gasteiger partial charge in [-0.1, -0.05) is 45.9 Å². The molecule has 0 spiro atoms. The number of amides is 1. The van der Waals surface area contributed by atoms with Crippen LogP contribution in [0, 0.1) is 29.6 Å². The fourth-order valence-electron chi connectivity index (χ4n) is 9.55. The Kier molecular flexibility index (Phi) is 12.3. The predicted octanol–water partition coefficient (Wildman–Crippen LogP) is 5.20. The van der Waals surface area contributed by atoms with Crippen molar-refractivity contribution in [2.24, 2.45) is 29.6 Å². The highest BCUT2D eigenvalue weighted by Gasteiger charge is 2.57. The third kappa shape index (κ3) is 8.25. The number of aromatic nitrogens is 1. The number of para-hydroxylation sites is 1. The van der Waals surface area contributed by atoms with Crippen LogP contribution in [0.3, 0.4) is 0 Å². The summed E-state index contributed by atoms with van der Waals surface area (Å²) in [6.07, 6.45) is -1.40. The molecule has 13 heteroatoms. The number of ketones is 2. The molecule has 1 aliphatic carbocycles. The molecule has 1 aromatic carbocycles. The van der Waals surface area contributed by atoms with Gasteiger partial charge in [0.15, 0.2) is 17.7 Å². The van der Waals surface area contributed by atoms with Gasteiger partial charge in [-0.2, -0.15) is 0 Å². The summed E-state index contributed by atoms with van der Waals surface area (Å²) in [6, 6.07) is 9.05. The third-order valence-corrected chi connectivity index (χ3v) is 13.0. The first-order valence-electron chi connectivity index (χ1n) is 20.3. The Morgan fingerprint density at radius 2 is 1.71 bits per heavy atom. The van der Waals surface area contributed by atoms with Crippen molar-refractivity contribution in [2.45, 2.75) is 141 Å². The summed E-state index contributed by atoms with van der Waals surface area (Å²) in [5.74, 6) is -4.61. The number of hydrogen-bond donors (Lipinski definition) is 2. The lowest BCUT2D eigenvalue weighted by molar-refractivity contribution is -0.297. The lowest BCUT2D eigenvalue weighted by Gasteiger charge is -2.47. The van der Waals surface area contributed by atoms with Crippen molar-refractivity contribution in [1.29, 1.82) is 0 Å². The number of esters is 1. The van der Waals surface area contributed by atoms with E-state index in [2.05, 4.69) is 16.4 Å². The predicted molar refractivity (Wildman–Crippen MR) is 208 cm³/mol. The van der Waals surface area contributed by atoms with Gasteiger partial charge < -0.3 is 39.0 Å². The summed E-state index contributed by atoms with van der Waals surface area (Å²) in [5, 5.41) is 15.5. The van der Waals surface area contributed by atoms with Gasteiger partial charge in [-0.15, -0.1) is 0 Å². The number of aliphatic hydroxyl groups is 1. The lowest BCUT2D eigenvalue weighted by Crippen LogP contribution is -2.60. The van der Waals surface area contributed by atoms with Crippen molar-refractivity contribution < 1.29 is 48.0 Å². The van der Waals surface area contributed by atoms with Crippen LogP contribution in [0.2, 0.25) is 0 Å². The molecule has 4 heterocycles. The number of carbonyl (C=O) groups excluding carboxylic acids is 4. The molecule has 3 saturated heterocycles. The van der Waals surface area contributed by atoms with Gasteiger partial charge in [0.2, 0.25) is 0 Å². The standard InChI is InChI=1S/C43H61N3O10/c1-11-33-43(8)37(45-41(51)56-43)24(4)34(47)22(2)19-42(7,52-21-29-18-30(29)28-17-27-14-12-13-15-31(27)44-20-28)38(25(5)35(48)26(6)39(50)54-33)55-40-36(49)32(46(9)10)16-23(3)53-40/h12-15,17,20,22-26,29-30,32-33,36-38,40,49H,11,16,18-19,21H2,1-10H3,(H,45,51)/t22-,23-,24+,25+,26-,29?,30?,32+,33-,36-,37-,38-,40+,42-,43-/m1/s1. The molecule has 2 unspecified atom stereocenters. The Morgan fingerprint density at radius 3 is 2.41 bits per heavy atom. The fourth-order valence-corrected chi connectivity index (χ4v) is 9.55. The van der Waals surface area contributed by atoms with Crippen molar-refractivity contribution in [3.63, 3.8) is 0 Å². The summed E-state index contributed by atoms with van der Waals surface area (Å²) >= 11 is 0. The van der Waals surface area contributed by atoms with Gasteiger partial charge in [-0.05, 0) is 97.0 Å². The molecule has 4 fully saturated rings. The Bertz CT molecular complexity index is 1790. The second-order valence-electron chi connectivity index (χ2n) is 17.6. The van der Waals surface area contributed by atoms with E-state index in [1.807, 2.05) is 70.2 Å². The highest BCUT2D eigenvalue weighted by Crippen LogP contribution is 2.49. The number of alkyl carbamates (subject to hydrolysis) is 1. The minimum absolute atomic E-state index is 0.136. The van der Waals surface area contributed by atoms with Gasteiger partial charge in [-0.25, -0.2) is 4.79 Å². The number of cyclic esters (lactones) is 1. The number of ether oxygens (including phenoxy) is 5. The maximum atomic E-state index is 14.5. The van der Waals surface area contributed by atoms with E-state index in [0.717, 1.165) is 22.9 Å². The Morgan fingerprint density at radius 1 is 1.00 bits per heavy atom. The van der Waals surface area contributed by atoms with E-state index in [1.165, 1.54) is 6.92 Å². The molecule has 0 bridgehead atoms.